The molecule has 1 aromatic heterocycles. The minimum atomic E-state index is -2.39. The third kappa shape index (κ3) is 6.54. The number of hydrogen-bond acceptors (Lipinski definition) is 7. The van der Waals surface area contributed by atoms with Crippen molar-refractivity contribution in [1.82, 2.24) is 9.66 Å². The summed E-state index contributed by atoms with van der Waals surface area (Å²) in [6.07, 6.45) is -2.00. The van der Waals surface area contributed by atoms with Gasteiger partial charge in [-0.1, -0.05) is 60.6 Å². The molecule has 2 amide bonds. The summed E-state index contributed by atoms with van der Waals surface area (Å²) in [6, 6.07) is 6.78. The predicted molar refractivity (Wildman–Crippen MR) is 146 cm³/mol. The largest absolute Gasteiger partial charge is 0.453 e. The first-order valence-electron chi connectivity index (χ1n) is 12.7. The molecule has 0 aliphatic heterocycles. The fraction of sp³-hybridized carbons (Fsp3) is 0.593. The third-order valence-corrected chi connectivity index (χ3v) is 11.1. The summed E-state index contributed by atoms with van der Waals surface area (Å²) in [4.78, 5) is 57.5. The molecule has 1 aromatic carbocycles. The van der Waals surface area contributed by atoms with E-state index < -0.39 is 49.8 Å². The molecule has 2 aromatic rings. The van der Waals surface area contributed by atoms with Gasteiger partial charge in [-0.2, -0.15) is 9.69 Å². The molecule has 0 saturated carbocycles. The Bertz CT molecular complexity index is 1230. The van der Waals surface area contributed by atoms with E-state index in [1.165, 1.54) is 13.8 Å². The second-order valence-electron chi connectivity index (χ2n) is 11.5. The average molecular weight is 532 g/mol. The lowest BCUT2D eigenvalue weighted by molar-refractivity contribution is -0.153. The van der Waals surface area contributed by atoms with Crippen LogP contribution in [0.1, 0.15) is 74.2 Å². The van der Waals surface area contributed by atoms with Crippen LogP contribution in [0.3, 0.4) is 0 Å². The second-order valence-corrected chi connectivity index (χ2v) is 16.3. The molecule has 9 nitrogen and oxygen atoms in total. The Morgan fingerprint density at radius 2 is 1.57 bits per heavy atom. The van der Waals surface area contributed by atoms with E-state index in [2.05, 4.69) is 33.9 Å². The molecular weight excluding hydrogens is 490 g/mol. The van der Waals surface area contributed by atoms with E-state index in [1.807, 2.05) is 13.8 Å². The highest BCUT2D eigenvalue weighted by Crippen LogP contribution is 2.41. The Labute approximate surface area is 220 Å². The maximum Gasteiger partial charge on any atom is 0.303 e. The van der Waals surface area contributed by atoms with Gasteiger partial charge in [0.05, 0.1) is 10.9 Å². The SMILES string of the molecule is CC(=O)O[C@@H](C)C(=O)N(C(=O)C(C)C)n1c([C@H](O[Si](C)(C)C(C)(C)C)C(C)C)nc2ccccc2c1=O. The first-order valence-corrected chi connectivity index (χ1v) is 15.6. The van der Waals surface area contributed by atoms with E-state index in [9.17, 15) is 19.2 Å². The quantitative estimate of drug-likeness (QED) is 0.358. The van der Waals surface area contributed by atoms with Crippen LogP contribution in [0.15, 0.2) is 29.1 Å². The number of imide groups is 1. The fourth-order valence-electron chi connectivity index (χ4n) is 3.52. The Balaban J connectivity index is 2.96. The van der Waals surface area contributed by atoms with Crippen LogP contribution < -0.4 is 10.6 Å². The first-order chi connectivity index (χ1) is 16.9. The molecule has 0 radical (unpaired) electrons. The van der Waals surface area contributed by atoms with Crippen LogP contribution >= 0.6 is 0 Å². The first kappa shape index (κ1) is 30.4. The number of amides is 2. The Morgan fingerprint density at radius 3 is 2.05 bits per heavy atom. The standard InChI is InChI=1S/C27H41N3O6Si/c1-16(2)22(36-37(10,11)27(7,8)9)23-28-21-15-13-12-14-20(21)26(34)29(23)30(24(32)17(3)4)25(33)18(5)35-19(6)31/h12-18,22H,1-11H3/t18-,22+/m0/s1. The number of para-hydroxylation sites is 1. The second kappa shape index (κ2) is 11.3. The van der Waals surface area contributed by atoms with Crippen molar-refractivity contribution in [2.45, 2.75) is 92.7 Å². The van der Waals surface area contributed by atoms with E-state index >= 15 is 0 Å². The smallest absolute Gasteiger partial charge is 0.303 e. The monoisotopic (exact) mass is 531 g/mol. The number of carbonyl (C=O) groups excluding carboxylic acids is 3. The third-order valence-electron chi connectivity index (χ3n) is 6.67. The van der Waals surface area contributed by atoms with Crippen molar-refractivity contribution in [3.63, 3.8) is 0 Å². The zero-order valence-corrected chi connectivity index (χ0v) is 24.9. The molecular formula is C27H41N3O6Si. The van der Waals surface area contributed by atoms with Gasteiger partial charge in [0.15, 0.2) is 20.2 Å². The highest BCUT2D eigenvalue weighted by atomic mass is 28.4. The van der Waals surface area contributed by atoms with Gasteiger partial charge in [0.25, 0.3) is 17.4 Å². The molecule has 204 valence electrons. The number of fused-ring (bicyclic) bond motifs is 1. The Kier molecular flexibility index (Phi) is 9.25. The number of rotatable bonds is 8. The predicted octanol–water partition coefficient (Wildman–Crippen LogP) is 4.71. The average Bonchev–Trinajstić information content (AvgIpc) is 2.77. The van der Waals surface area contributed by atoms with Crippen molar-refractivity contribution in [2.24, 2.45) is 11.8 Å². The summed E-state index contributed by atoms with van der Waals surface area (Å²) in [5.41, 5.74) is -0.150. The lowest BCUT2D eigenvalue weighted by Gasteiger charge is -2.41. The van der Waals surface area contributed by atoms with Crippen molar-refractivity contribution in [3.8, 4) is 0 Å². The van der Waals surface area contributed by atoms with Crippen molar-refractivity contribution in [2.75, 3.05) is 5.01 Å². The number of aromatic nitrogens is 2. The van der Waals surface area contributed by atoms with Crippen molar-refractivity contribution >= 4 is 37.0 Å². The number of carbonyl (C=O) groups is 3. The molecule has 0 saturated heterocycles. The lowest BCUT2D eigenvalue weighted by Crippen LogP contribution is -2.57. The van der Waals surface area contributed by atoms with Gasteiger partial charge in [-0.15, -0.1) is 0 Å². The Morgan fingerprint density at radius 1 is 1.00 bits per heavy atom. The van der Waals surface area contributed by atoms with Gasteiger partial charge in [-0.25, -0.2) is 4.98 Å². The molecule has 0 N–H and O–H groups in total. The lowest BCUT2D eigenvalue weighted by atomic mass is 10.1. The molecule has 0 fully saturated rings. The molecule has 0 unspecified atom stereocenters. The number of ether oxygens (including phenoxy) is 1. The van der Waals surface area contributed by atoms with Gasteiger partial charge in [-0.05, 0) is 43.1 Å². The maximum atomic E-state index is 14.0. The normalized spacial score (nSPS) is 14.1. The number of hydrogen-bond donors (Lipinski definition) is 0. The summed E-state index contributed by atoms with van der Waals surface area (Å²) in [7, 11) is -2.39. The van der Waals surface area contributed by atoms with Crippen LogP contribution in [-0.4, -0.2) is 41.9 Å². The van der Waals surface area contributed by atoms with E-state index in [0.717, 1.165) is 9.69 Å². The highest BCUT2D eigenvalue weighted by molar-refractivity contribution is 6.74. The van der Waals surface area contributed by atoms with Crippen LogP contribution in [-0.2, 0) is 23.5 Å². The maximum absolute atomic E-state index is 14.0. The molecule has 0 aliphatic carbocycles. The molecule has 1 heterocycles. The summed E-state index contributed by atoms with van der Waals surface area (Å²) >= 11 is 0. The summed E-state index contributed by atoms with van der Waals surface area (Å²) in [6.45, 7) is 20.2. The van der Waals surface area contributed by atoms with Crippen molar-refractivity contribution in [3.05, 3.63) is 40.4 Å². The van der Waals surface area contributed by atoms with Gasteiger partial charge in [0, 0.05) is 12.8 Å². The fourth-order valence-corrected chi connectivity index (χ4v) is 4.89. The minimum absolute atomic E-state index is 0.144. The van der Waals surface area contributed by atoms with Gasteiger partial charge in [-0.3, -0.25) is 19.2 Å². The molecule has 2 atom stereocenters. The van der Waals surface area contributed by atoms with Gasteiger partial charge < -0.3 is 9.16 Å². The Hall–Kier alpha value is -2.85. The summed E-state index contributed by atoms with van der Waals surface area (Å²) in [5.74, 6) is -2.78. The van der Waals surface area contributed by atoms with Crippen LogP contribution in [0.5, 0.6) is 0 Å². The van der Waals surface area contributed by atoms with E-state index in [1.54, 1.807) is 38.1 Å². The van der Waals surface area contributed by atoms with E-state index in [0.29, 0.717) is 5.52 Å². The number of nitrogens with zero attached hydrogens (tertiary/aromatic N) is 3. The topological polar surface area (TPSA) is 108 Å². The van der Waals surface area contributed by atoms with Crippen LogP contribution in [0, 0.1) is 11.8 Å². The summed E-state index contributed by atoms with van der Waals surface area (Å²) < 4.78 is 12.9. The zero-order valence-electron chi connectivity index (χ0n) is 23.9. The number of esters is 1. The molecule has 10 heteroatoms. The minimum Gasteiger partial charge on any atom is -0.453 e. The van der Waals surface area contributed by atoms with E-state index in [-0.39, 0.29) is 22.2 Å². The summed E-state index contributed by atoms with van der Waals surface area (Å²) in [5, 5.41) is 0.880. The van der Waals surface area contributed by atoms with Crippen molar-refractivity contribution in [1.29, 1.82) is 0 Å². The van der Waals surface area contributed by atoms with Gasteiger partial charge in [0.2, 0.25) is 0 Å². The van der Waals surface area contributed by atoms with Crippen LogP contribution in [0.2, 0.25) is 18.1 Å². The molecule has 0 aliphatic rings. The highest BCUT2D eigenvalue weighted by Gasteiger charge is 2.43. The molecule has 2 rings (SSSR count). The van der Waals surface area contributed by atoms with Gasteiger partial charge in [0.1, 0.15) is 6.10 Å². The van der Waals surface area contributed by atoms with Crippen molar-refractivity contribution < 1.29 is 23.5 Å². The van der Waals surface area contributed by atoms with Crippen LogP contribution in [0.25, 0.3) is 10.9 Å². The molecule has 37 heavy (non-hydrogen) atoms. The van der Waals surface area contributed by atoms with Crippen LogP contribution in [0.4, 0.5) is 0 Å². The van der Waals surface area contributed by atoms with E-state index in [4.69, 9.17) is 14.1 Å². The zero-order chi connectivity index (χ0) is 28.5. The number of benzene rings is 1. The molecule has 0 bridgehead atoms. The molecule has 0 spiro atoms. The van der Waals surface area contributed by atoms with Gasteiger partial charge >= 0.3 is 5.97 Å².